The lowest BCUT2D eigenvalue weighted by molar-refractivity contribution is 0.279. The van der Waals surface area contributed by atoms with Gasteiger partial charge in [-0.1, -0.05) is 64.9 Å². The van der Waals surface area contributed by atoms with Crippen molar-refractivity contribution < 1.29 is 4.63 Å². The fourth-order valence-corrected chi connectivity index (χ4v) is 3.14. The van der Waals surface area contributed by atoms with Crippen molar-refractivity contribution in [2.24, 2.45) is 0 Å². The SMILES string of the molecule is Cc1nonc1CN(C)Cc1cn[nH]c1-c1ccc(-c2ccccc2)cc1. The van der Waals surface area contributed by atoms with Crippen LogP contribution in [-0.4, -0.2) is 32.5 Å². The summed E-state index contributed by atoms with van der Waals surface area (Å²) >= 11 is 0. The second-order valence-electron chi connectivity index (χ2n) is 6.68. The van der Waals surface area contributed by atoms with Gasteiger partial charge in [-0.05, 0) is 30.7 Å². The molecule has 6 heteroatoms. The van der Waals surface area contributed by atoms with Crippen molar-refractivity contribution in [2.75, 3.05) is 7.05 Å². The zero-order chi connectivity index (χ0) is 18.6. The first-order valence-electron chi connectivity index (χ1n) is 8.85. The van der Waals surface area contributed by atoms with Crippen LogP contribution in [0.2, 0.25) is 0 Å². The van der Waals surface area contributed by atoms with E-state index in [4.69, 9.17) is 4.63 Å². The van der Waals surface area contributed by atoms with E-state index in [0.717, 1.165) is 34.8 Å². The number of benzene rings is 2. The molecule has 0 radical (unpaired) electrons. The van der Waals surface area contributed by atoms with Gasteiger partial charge < -0.3 is 0 Å². The molecule has 0 atom stereocenters. The van der Waals surface area contributed by atoms with Crippen LogP contribution in [0.3, 0.4) is 0 Å². The Balaban J connectivity index is 1.51. The summed E-state index contributed by atoms with van der Waals surface area (Å²) in [6, 6.07) is 18.9. The largest absolute Gasteiger partial charge is 0.296 e. The number of aromatic amines is 1. The second kappa shape index (κ2) is 7.55. The predicted octanol–water partition coefficient (Wildman–Crippen LogP) is 4.07. The molecule has 0 saturated carbocycles. The minimum absolute atomic E-state index is 0.674. The lowest BCUT2D eigenvalue weighted by Gasteiger charge is -2.15. The Morgan fingerprint density at radius 1 is 0.889 bits per heavy atom. The van der Waals surface area contributed by atoms with Crippen LogP contribution < -0.4 is 0 Å². The van der Waals surface area contributed by atoms with E-state index in [1.165, 1.54) is 11.1 Å². The van der Waals surface area contributed by atoms with Crippen LogP contribution in [0.4, 0.5) is 0 Å². The Hall–Kier alpha value is -3.25. The quantitative estimate of drug-likeness (QED) is 0.562. The molecule has 4 rings (SSSR count). The van der Waals surface area contributed by atoms with Crippen LogP contribution in [0.1, 0.15) is 17.0 Å². The number of hydrogen-bond acceptors (Lipinski definition) is 5. The Labute approximate surface area is 157 Å². The summed E-state index contributed by atoms with van der Waals surface area (Å²) in [7, 11) is 2.05. The summed E-state index contributed by atoms with van der Waals surface area (Å²) in [6.07, 6.45) is 1.88. The monoisotopic (exact) mass is 359 g/mol. The number of aryl methyl sites for hydroxylation is 1. The molecule has 1 N–H and O–H groups in total. The highest BCUT2D eigenvalue weighted by molar-refractivity contribution is 5.69. The van der Waals surface area contributed by atoms with E-state index < -0.39 is 0 Å². The molecule has 0 saturated heterocycles. The van der Waals surface area contributed by atoms with Crippen LogP contribution in [0, 0.1) is 6.92 Å². The average molecular weight is 359 g/mol. The third kappa shape index (κ3) is 3.80. The predicted molar refractivity (Wildman–Crippen MR) is 104 cm³/mol. The molecule has 0 unspecified atom stereocenters. The van der Waals surface area contributed by atoms with Crippen molar-refractivity contribution in [1.82, 2.24) is 25.4 Å². The first-order valence-corrected chi connectivity index (χ1v) is 8.85. The fourth-order valence-electron chi connectivity index (χ4n) is 3.14. The van der Waals surface area contributed by atoms with Crippen molar-refractivity contribution in [2.45, 2.75) is 20.0 Å². The van der Waals surface area contributed by atoms with Crippen molar-refractivity contribution in [3.05, 3.63) is 77.7 Å². The molecule has 0 aliphatic heterocycles. The van der Waals surface area contributed by atoms with Gasteiger partial charge in [0.05, 0.1) is 11.9 Å². The Morgan fingerprint density at radius 2 is 1.59 bits per heavy atom. The Morgan fingerprint density at radius 3 is 2.30 bits per heavy atom. The van der Waals surface area contributed by atoms with Gasteiger partial charge in [0.2, 0.25) is 0 Å². The zero-order valence-corrected chi connectivity index (χ0v) is 15.4. The van der Waals surface area contributed by atoms with Crippen molar-refractivity contribution in [3.63, 3.8) is 0 Å². The zero-order valence-electron chi connectivity index (χ0n) is 15.4. The van der Waals surface area contributed by atoms with Gasteiger partial charge in [-0.3, -0.25) is 10.00 Å². The molecule has 0 fully saturated rings. The minimum Gasteiger partial charge on any atom is -0.296 e. The van der Waals surface area contributed by atoms with Crippen LogP contribution in [0.15, 0.2) is 65.4 Å². The van der Waals surface area contributed by atoms with Crippen molar-refractivity contribution in [1.29, 1.82) is 0 Å². The number of nitrogens with one attached hydrogen (secondary N) is 1. The number of hydrogen-bond donors (Lipinski definition) is 1. The van der Waals surface area contributed by atoms with Gasteiger partial charge in [0.15, 0.2) is 0 Å². The number of H-pyrrole nitrogens is 1. The Kier molecular flexibility index (Phi) is 4.80. The lowest BCUT2D eigenvalue weighted by Crippen LogP contribution is -2.18. The maximum Gasteiger partial charge on any atom is 0.122 e. The van der Waals surface area contributed by atoms with E-state index in [2.05, 4.69) is 73.9 Å². The van der Waals surface area contributed by atoms with Crippen LogP contribution in [0.25, 0.3) is 22.4 Å². The molecule has 0 amide bonds. The highest BCUT2D eigenvalue weighted by Crippen LogP contribution is 2.26. The third-order valence-electron chi connectivity index (χ3n) is 4.60. The number of nitrogens with zero attached hydrogens (tertiary/aromatic N) is 4. The van der Waals surface area contributed by atoms with E-state index in [1.807, 2.05) is 26.2 Å². The van der Waals surface area contributed by atoms with Crippen LogP contribution in [-0.2, 0) is 13.1 Å². The summed E-state index contributed by atoms with van der Waals surface area (Å²) in [5.41, 5.74) is 7.39. The molecule has 0 aliphatic rings. The smallest absolute Gasteiger partial charge is 0.122 e. The second-order valence-corrected chi connectivity index (χ2v) is 6.68. The molecule has 2 heterocycles. The van der Waals surface area contributed by atoms with Gasteiger partial charge in [-0.25, -0.2) is 4.63 Å². The lowest BCUT2D eigenvalue weighted by atomic mass is 10.0. The van der Waals surface area contributed by atoms with E-state index >= 15 is 0 Å². The summed E-state index contributed by atoms with van der Waals surface area (Å²) < 4.78 is 4.78. The highest BCUT2D eigenvalue weighted by Gasteiger charge is 2.13. The molecule has 2 aromatic carbocycles. The van der Waals surface area contributed by atoms with Crippen molar-refractivity contribution >= 4 is 0 Å². The maximum atomic E-state index is 4.78. The molecule has 27 heavy (non-hydrogen) atoms. The normalized spacial score (nSPS) is 11.2. The molecule has 4 aromatic rings. The first-order chi connectivity index (χ1) is 13.2. The number of aromatic nitrogens is 4. The molecule has 0 aliphatic carbocycles. The average Bonchev–Trinajstić information content (AvgIpc) is 3.32. The Bertz CT molecular complexity index is 1000. The van der Waals surface area contributed by atoms with Gasteiger partial charge in [0, 0.05) is 18.7 Å². The maximum absolute atomic E-state index is 4.78. The van der Waals surface area contributed by atoms with E-state index in [0.29, 0.717) is 6.54 Å². The molecule has 0 bridgehead atoms. The summed E-state index contributed by atoms with van der Waals surface area (Å²) in [6.45, 7) is 3.32. The van der Waals surface area contributed by atoms with E-state index in [9.17, 15) is 0 Å². The van der Waals surface area contributed by atoms with E-state index in [1.54, 1.807) is 0 Å². The van der Waals surface area contributed by atoms with Crippen LogP contribution >= 0.6 is 0 Å². The van der Waals surface area contributed by atoms with Gasteiger partial charge in [0.1, 0.15) is 11.4 Å². The molecule has 136 valence electrons. The fraction of sp³-hybridized carbons (Fsp3) is 0.190. The van der Waals surface area contributed by atoms with Crippen molar-refractivity contribution in [3.8, 4) is 22.4 Å². The summed E-state index contributed by atoms with van der Waals surface area (Å²) in [5.74, 6) is 0. The standard InChI is InChI=1S/C21H21N5O/c1-15-20(25-27-24-15)14-26(2)13-19-12-22-23-21(19)18-10-8-17(9-11-18)16-6-4-3-5-7-16/h3-12H,13-14H2,1-2H3,(H,22,23). The van der Waals surface area contributed by atoms with Gasteiger partial charge in [0.25, 0.3) is 0 Å². The third-order valence-corrected chi connectivity index (χ3v) is 4.60. The molecular formula is C21H21N5O. The highest BCUT2D eigenvalue weighted by atomic mass is 16.6. The topological polar surface area (TPSA) is 70.8 Å². The van der Waals surface area contributed by atoms with Gasteiger partial charge in [-0.15, -0.1) is 0 Å². The molecule has 0 spiro atoms. The number of rotatable bonds is 6. The van der Waals surface area contributed by atoms with E-state index in [-0.39, 0.29) is 0 Å². The van der Waals surface area contributed by atoms with Gasteiger partial charge in [-0.2, -0.15) is 5.10 Å². The summed E-state index contributed by atoms with van der Waals surface area (Å²) in [5, 5.41) is 15.2. The molecule has 2 aromatic heterocycles. The van der Waals surface area contributed by atoms with Gasteiger partial charge >= 0.3 is 0 Å². The molecule has 6 nitrogen and oxygen atoms in total. The minimum atomic E-state index is 0.674. The summed E-state index contributed by atoms with van der Waals surface area (Å²) in [4.78, 5) is 2.17. The first kappa shape index (κ1) is 17.2. The molecular weight excluding hydrogens is 338 g/mol. The van der Waals surface area contributed by atoms with Crippen LogP contribution in [0.5, 0.6) is 0 Å².